The smallest absolute Gasteiger partial charge is 0.138 e. The summed E-state index contributed by atoms with van der Waals surface area (Å²) in [6, 6.07) is 10.8. The molecule has 3 rings (SSSR count). The highest BCUT2D eigenvalue weighted by molar-refractivity contribution is 5.23. The second kappa shape index (κ2) is 5.17. The molecule has 0 saturated carbocycles. The van der Waals surface area contributed by atoms with E-state index < -0.39 is 0 Å². The predicted molar refractivity (Wildman–Crippen MR) is 75.1 cm³/mol. The van der Waals surface area contributed by atoms with Crippen LogP contribution in [0.4, 0.5) is 0 Å². The van der Waals surface area contributed by atoms with Crippen molar-refractivity contribution in [3.8, 4) is 0 Å². The molecule has 0 radical (unpaired) electrons. The van der Waals surface area contributed by atoms with Gasteiger partial charge >= 0.3 is 0 Å². The first-order valence-corrected chi connectivity index (χ1v) is 6.93. The molecular formula is C16H20N2O. The molecule has 2 aromatic rings. The molecule has 0 N–H and O–H groups in total. The minimum absolute atomic E-state index is 0.668. The minimum atomic E-state index is 0.668. The topological polar surface area (TPSA) is 29.3 Å². The molecule has 0 amide bonds. The molecule has 0 aliphatic carbocycles. The van der Waals surface area contributed by atoms with Gasteiger partial charge in [-0.2, -0.15) is 0 Å². The molecule has 3 nitrogen and oxygen atoms in total. The number of rotatable bonds is 3. The maximum absolute atomic E-state index is 5.24. The van der Waals surface area contributed by atoms with E-state index in [2.05, 4.69) is 40.4 Å². The molecule has 1 aromatic heterocycles. The lowest BCUT2D eigenvalue weighted by Gasteiger charge is -2.16. The maximum Gasteiger partial charge on any atom is 0.138 e. The zero-order valence-electron chi connectivity index (χ0n) is 11.6. The van der Waals surface area contributed by atoms with E-state index in [0.29, 0.717) is 5.92 Å². The van der Waals surface area contributed by atoms with Crippen LogP contribution in [-0.2, 0) is 6.54 Å². The standard InChI is InChI=1S/C16H20N2O/c1-12-16(13(2)19-17-12)11-18-9-8-15(10-18)14-6-4-3-5-7-14/h3-7,15H,8-11H2,1-2H3. The molecule has 0 bridgehead atoms. The molecule has 1 aliphatic heterocycles. The van der Waals surface area contributed by atoms with Gasteiger partial charge in [-0.25, -0.2) is 0 Å². The molecule has 100 valence electrons. The van der Waals surface area contributed by atoms with Crippen molar-refractivity contribution in [3.05, 3.63) is 52.9 Å². The zero-order chi connectivity index (χ0) is 13.2. The van der Waals surface area contributed by atoms with E-state index in [4.69, 9.17) is 4.52 Å². The molecule has 1 atom stereocenters. The molecule has 2 heterocycles. The van der Waals surface area contributed by atoms with Crippen molar-refractivity contribution in [1.82, 2.24) is 10.1 Å². The number of nitrogens with zero attached hydrogens (tertiary/aromatic N) is 2. The number of benzene rings is 1. The van der Waals surface area contributed by atoms with Gasteiger partial charge in [0.1, 0.15) is 5.76 Å². The Kier molecular flexibility index (Phi) is 3.38. The third-order valence-electron chi connectivity index (χ3n) is 4.11. The second-order valence-corrected chi connectivity index (χ2v) is 5.43. The van der Waals surface area contributed by atoms with E-state index in [1.54, 1.807) is 0 Å². The first kappa shape index (κ1) is 12.4. The van der Waals surface area contributed by atoms with Gasteiger partial charge in [0.2, 0.25) is 0 Å². The largest absolute Gasteiger partial charge is 0.361 e. The van der Waals surface area contributed by atoms with Gasteiger partial charge in [0.25, 0.3) is 0 Å². The van der Waals surface area contributed by atoms with Gasteiger partial charge in [0.15, 0.2) is 0 Å². The number of hydrogen-bond acceptors (Lipinski definition) is 3. The van der Waals surface area contributed by atoms with Crippen LogP contribution in [-0.4, -0.2) is 23.1 Å². The summed E-state index contributed by atoms with van der Waals surface area (Å²) in [7, 11) is 0. The highest BCUT2D eigenvalue weighted by Crippen LogP contribution is 2.28. The average Bonchev–Trinajstić information content (AvgIpc) is 3.02. The third kappa shape index (κ3) is 2.56. The van der Waals surface area contributed by atoms with Gasteiger partial charge in [-0.1, -0.05) is 35.5 Å². The summed E-state index contributed by atoms with van der Waals surface area (Å²) in [4.78, 5) is 2.50. The quantitative estimate of drug-likeness (QED) is 0.844. The van der Waals surface area contributed by atoms with Gasteiger partial charge < -0.3 is 4.52 Å². The van der Waals surface area contributed by atoms with Crippen LogP contribution >= 0.6 is 0 Å². The molecule has 1 aromatic carbocycles. The zero-order valence-corrected chi connectivity index (χ0v) is 11.6. The summed E-state index contributed by atoms with van der Waals surface area (Å²) in [5.74, 6) is 1.63. The Bertz CT molecular complexity index is 528. The third-order valence-corrected chi connectivity index (χ3v) is 4.11. The maximum atomic E-state index is 5.24. The second-order valence-electron chi connectivity index (χ2n) is 5.43. The predicted octanol–water partition coefficient (Wildman–Crippen LogP) is 3.28. The summed E-state index contributed by atoms with van der Waals surface area (Å²) < 4.78 is 5.24. The lowest BCUT2D eigenvalue weighted by molar-refractivity contribution is 0.322. The molecular weight excluding hydrogens is 236 g/mol. The van der Waals surface area contributed by atoms with E-state index in [9.17, 15) is 0 Å². The van der Waals surface area contributed by atoms with Crippen molar-refractivity contribution in [2.24, 2.45) is 0 Å². The van der Waals surface area contributed by atoms with E-state index in [1.165, 1.54) is 17.5 Å². The molecule has 19 heavy (non-hydrogen) atoms. The molecule has 1 aliphatic rings. The minimum Gasteiger partial charge on any atom is -0.361 e. The molecule has 1 fully saturated rings. The molecule has 1 unspecified atom stereocenters. The number of likely N-dealkylation sites (tertiary alicyclic amines) is 1. The summed E-state index contributed by atoms with van der Waals surface area (Å²) in [5.41, 5.74) is 3.75. The molecule has 3 heteroatoms. The SMILES string of the molecule is Cc1noc(C)c1CN1CCC(c2ccccc2)C1. The van der Waals surface area contributed by atoms with E-state index >= 15 is 0 Å². The highest BCUT2D eigenvalue weighted by Gasteiger charge is 2.25. The Morgan fingerprint density at radius 1 is 1.26 bits per heavy atom. The lowest BCUT2D eigenvalue weighted by Crippen LogP contribution is -2.20. The van der Waals surface area contributed by atoms with Crippen molar-refractivity contribution in [2.75, 3.05) is 13.1 Å². The first-order valence-electron chi connectivity index (χ1n) is 6.93. The van der Waals surface area contributed by atoms with Crippen LogP contribution in [0.1, 0.15) is 34.9 Å². The van der Waals surface area contributed by atoms with Gasteiger partial charge in [-0.15, -0.1) is 0 Å². The fraction of sp³-hybridized carbons (Fsp3) is 0.438. The van der Waals surface area contributed by atoms with Crippen molar-refractivity contribution >= 4 is 0 Å². The molecule has 1 saturated heterocycles. The van der Waals surface area contributed by atoms with Crippen LogP contribution in [0.5, 0.6) is 0 Å². The Balaban J connectivity index is 1.67. The Morgan fingerprint density at radius 2 is 2.05 bits per heavy atom. The monoisotopic (exact) mass is 256 g/mol. The van der Waals surface area contributed by atoms with Crippen molar-refractivity contribution in [2.45, 2.75) is 32.7 Å². The van der Waals surface area contributed by atoms with Crippen LogP contribution in [0.25, 0.3) is 0 Å². The number of aromatic nitrogens is 1. The van der Waals surface area contributed by atoms with Crippen LogP contribution in [0.2, 0.25) is 0 Å². The van der Waals surface area contributed by atoms with E-state index in [-0.39, 0.29) is 0 Å². The summed E-state index contributed by atoms with van der Waals surface area (Å²) >= 11 is 0. The highest BCUT2D eigenvalue weighted by atomic mass is 16.5. The summed E-state index contributed by atoms with van der Waals surface area (Å²) in [6.45, 7) is 7.28. The summed E-state index contributed by atoms with van der Waals surface area (Å²) in [6.07, 6.45) is 1.24. The van der Waals surface area contributed by atoms with E-state index in [1.807, 2.05) is 13.8 Å². The summed E-state index contributed by atoms with van der Waals surface area (Å²) in [5, 5.41) is 4.03. The van der Waals surface area contributed by atoms with Crippen molar-refractivity contribution in [3.63, 3.8) is 0 Å². The Labute approximate surface area is 114 Å². The van der Waals surface area contributed by atoms with Crippen molar-refractivity contribution < 1.29 is 4.52 Å². The Hall–Kier alpha value is -1.61. The van der Waals surface area contributed by atoms with Crippen LogP contribution in [0, 0.1) is 13.8 Å². The lowest BCUT2D eigenvalue weighted by atomic mass is 9.99. The normalized spacial score (nSPS) is 20.0. The van der Waals surface area contributed by atoms with Gasteiger partial charge in [0, 0.05) is 18.7 Å². The van der Waals surface area contributed by atoms with Crippen LogP contribution in [0.15, 0.2) is 34.9 Å². The van der Waals surface area contributed by atoms with Crippen molar-refractivity contribution in [1.29, 1.82) is 0 Å². The van der Waals surface area contributed by atoms with Gasteiger partial charge in [0.05, 0.1) is 5.69 Å². The fourth-order valence-corrected chi connectivity index (χ4v) is 2.92. The average molecular weight is 256 g/mol. The Morgan fingerprint density at radius 3 is 2.74 bits per heavy atom. The fourth-order valence-electron chi connectivity index (χ4n) is 2.92. The van der Waals surface area contributed by atoms with Gasteiger partial charge in [-0.3, -0.25) is 4.90 Å². The van der Waals surface area contributed by atoms with Gasteiger partial charge in [-0.05, 0) is 38.3 Å². The number of aryl methyl sites for hydroxylation is 2. The first-order chi connectivity index (χ1) is 9.24. The molecule has 0 spiro atoms. The number of hydrogen-bond donors (Lipinski definition) is 0. The van der Waals surface area contributed by atoms with Crippen LogP contribution < -0.4 is 0 Å². The van der Waals surface area contributed by atoms with E-state index in [0.717, 1.165) is 31.1 Å². The van der Waals surface area contributed by atoms with Crippen LogP contribution in [0.3, 0.4) is 0 Å².